The van der Waals surface area contributed by atoms with Gasteiger partial charge in [0.1, 0.15) is 0 Å². The predicted octanol–water partition coefficient (Wildman–Crippen LogP) is 2.31. The summed E-state index contributed by atoms with van der Waals surface area (Å²) in [4.78, 5) is 11.3. The van der Waals surface area contributed by atoms with E-state index in [-0.39, 0.29) is 5.91 Å². The number of nitrogens with one attached hydrogen (secondary N) is 1. The number of amides is 1. The van der Waals surface area contributed by atoms with Crippen molar-refractivity contribution in [3.05, 3.63) is 0 Å². The van der Waals surface area contributed by atoms with Crippen LogP contribution in [0, 0.1) is 5.92 Å². The lowest BCUT2D eigenvalue weighted by Gasteiger charge is -2.02. The predicted molar refractivity (Wildman–Crippen MR) is 54.9 cm³/mol. The number of alkyl halides is 1. The van der Waals surface area contributed by atoms with Gasteiger partial charge in [-0.15, -0.1) is 11.6 Å². The molecule has 1 saturated carbocycles. The van der Waals surface area contributed by atoms with Gasteiger partial charge < -0.3 is 5.32 Å². The molecule has 1 fully saturated rings. The van der Waals surface area contributed by atoms with E-state index in [2.05, 4.69) is 12.2 Å². The minimum Gasteiger partial charge on any atom is -0.353 e. The van der Waals surface area contributed by atoms with Crippen LogP contribution in [-0.2, 0) is 4.79 Å². The normalized spacial score (nSPS) is 25.7. The van der Waals surface area contributed by atoms with E-state index in [0.717, 1.165) is 18.8 Å². The van der Waals surface area contributed by atoms with Crippen molar-refractivity contribution in [2.75, 3.05) is 5.88 Å². The highest BCUT2D eigenvalue weighted by molar-refractivity contribution is 6.17. The van der Waals surface area contributed by atoms with Gasteiger partial charge >= 0.3 is 0 Å². The molecule has 0 aliphatic heterocycles. The highest BCUT2D eigenvalue weighted by Gasteiger charge is 2.35. The van der Waals surface area contributed by atoms with E-state index >= 15 is 0 Å². The zero-order chi connectivity index (χ0) is 9.68. The Morgan fingerprint density at radius 2 is 2.31 bits per heavy atom. The molecule has 13 heavy (non-hydrogen) atoms. The van der Waals surface area contributed by atoms with Crippen molar-refractivity contribution in [1.29, 1.82) is 0 Å². The molecule has 0 spiro atoms. The minimum absolute atomic E-state index is 0.200. The van der Waals surface area contributed by atoms with Gasteiger partial charge in [-0.2, -0.15) is 0 Å². The first-order valence-corrected chi connectivity index (χ1v) is 5.66. The number of hydrogen-bond acceptors (Lipinski definition) is 1. The fourth-order valence-corrected chi connectivity index (χ4v) is 1.72. The fourth-order valence-electron chi connectivity index (χ4n) is 1.53. The summed E-state index contributed by atoms with van der Waals surface area (Å²) in [6, 6.07) is 0.480. The third-order valence-corrected chi connectivity index (χ3v) is 2.85. The van der Waals surface area contributed by atoms with Crippen molar-refractivity contribution in [3.8, 4) is 0 Å². The number of carbonyl (C=O) groups excluding carboxylic acids is 1. The third-order valence-electron chi connectivity index (χ3n) is 2.58. The van der Waals surface area contributed by atoms with Crippen molar-refractivity contribution in [2.24, 2.45) is 5.92 Å². The Balaban J connectivity index is 1.99. The standard InChI is InChI=1S/C10H18ClNO/c1-2-8-7-9(8)12-10(13)5-3-4-6-11/h8-9H,2-7H2,1H3,(H,12,13). The van der Waals surface area contributed by atoms with E-state index in [1.165, 1.54) is 12.8 Å². The monoisotopic (exact) mass is 203 g/mol. The SMILES string of the molecule is CCC1CC1NC(=O)CCCCCl. The van der Waals surface area contributed by atoms with Crippen molar-refractivity contribution < 1.29 is 4.79 Å². The molecular weight excluding hydrogens is 186 g/mol. The van der Waals surface area contributed by atoms with E-state index in [9.17, 15) is 4.79 Å². The zero-order valence-corrected chi connectivity index (χ0v) is 8.94. The van der Waals surface area contributed by atoms with E-state index in [1.807, 2.05) is 0 Å². The molecule has 0 saturated heterocycles. The molecule has 0 aromatic rings. The molecule has 2 nitrogen and oxygen atoms in total. The molecule has 2 atom stereocenters. The Morgan fingerprint density at radius 1 is 1.54 bits per heavy atom. The quantitative estimate of drug-likeness (QED) is 0.521. The summed E-state index contributed by atoms with van der Waals surface area (Å²) < 4.78 is 0. The van der Waals surface area contributed by atoms with Crippen molar-refractivity contribution in [2.45, 2.75) is 45.1 Å². The second-order valence-electron chi connectivity index (χ2n) is 3.72. The maximum Gasteiger partial charge on any atom is 0.220 e. The Labute approximate surface area is 85.0 Å². The molecule has 0 bridgehead atoms. The largest absolute Gasteiger partial charge is 0.353 e. The van der Waals surface area contributed by atoms with Gasteiger partial charge in [0, 0.05) is 18.3 Å². The summed E-state index contributed by atoms with van der Waals surface area (Å²) >= 11 is 5.52. The highest BCUT2D eigenvalue weighted by atomic mass is 35.5. The van der Waals surface area contributed by atoms with Gasteiger partial charge in [0.05, 0.1) is 0 Å². The third kappa shape index (κ3) is 3.99. The highest BCUT2D eigenvalue weighted by Crippen LogP contribution is 2.33. The molecule has 0 radical (unpaired) electrons. The van der Waals surface area contributed by atoms with E-state index in [1.54, 1.807) is 0 Å². The maximum absolute atomic E-state index is 11.3. The van der Waals surface area contributed by atoms with Gasteiger partial charge in [-0.1, -0.05) is 13.3 Å². The van der Waals surface area contributed by atoms with Gasteiger partial charge in [0.25, 0.3) is 0 Å². The van der Waals surface area contributed by atoms with Crippen LogP contribution in [0.25, 0.3) is 0 Å². The minimum atomic E-state index is 0.200. The van der Waals surface area contributed by atoms with Gasteiger partial charge in [0.2, 0.25) is 5.91 Å². The number of halogens is 1. The molecule has 3 heteroatoms. The summed E-state index contributed by atoms with van der Waals surface area (Å²) in [6.07, 6.45) is 4.86. The molecular formula is C10H18ClNO. The van der Waals surface area contributed by atoms with Gasteiger partial charge in [-0.25, -0.2) is 0 Å². The smallest absolute Gasteiger partial charge is 0.220 e. The molecule has 0 aromatic heterocycles. The van der Waals surface area contributed by atoms with Crippen LogP contribution in [0.15, 0.2) is 0 Å². The number of unbranched alkanes of at least 4 members (excludes halogenated alkanes) is 1. The van der Waals surface area contributed by atoms with Gasteiger partial charge in [-0.05, 0) is 25.2 Å². The van der Waals surface area contributed by atoms with Crippen LogP contribution in [-0.4, -0.2) is 17.8 Å². The molecule has 0 aromatic carbocycles. The molecule has 2 unspecified atom stereocenters. The molecule has 1 aliphatic carbocycles. The van der Waals surface area contributed by atoms with Gasteiger partial charge in [-0.3, -0.25) is 4.79 Å². The van der Waals surface area contributed by atoms with Crippen LogP contribution in [0.3, 0.4) is 0 Å². The lowest BCUT2D eigenvalue weighted by Crippen LogP contribution is -2.26. The van der Waals surface area contributed by atoms with Crippen LogP contribution in [0.1, 0.15) is 39.0 Å². The molecule has 0 heterocycles. The topological polar surface area (TPSA) is 29.1 Å². The van der Waals surface area contributed by atoms with E-state index in [4.69, 9.17) is 11.6 Å². The van der Waals surface area contributed by atoms with Crippen molar-refractivity contribution >= 4 is 17.5 Å². The summed E-state index contributed by atoms with van der Waals surface area (Å²) in [5, 5.41) is 3.03. The number of hydrogen-bond donors (Lipinski definition) is 1. The lowest BCUT2D eigenvalue weighted by molar-refractivity contribution is -0.121. The van der Waals surface area contributed by atoms with Crippen LogP contribution in [0.4, 0.5) is 0 Å². The summed E-state index contributed by atoms with van der Waals surface area (Å²) in [5.41, 5.74) is 0. The molecule has 1 rings (SSSR count). The van der Waals surface area contributed by atoms with E-state index in [0.29, 0.717) is 18.3 Å². The molecule has 76 valence electrons. The molecule has 1 aliphatic rings. The lowest BCUT2D eigenvalue weighted by atomic mass is 10.2. The van der Waals surface area contributed by atoms with Crippen molar-refractivity contribution in [1.82, 2.24) is 5.32 Å². The second-order valence-corrected chi connectivity index (χ2v) is 4.10. The first-order chi connectivity index (χ1) is 6.27. The number of rotatable bonds is 6. The first kappa shape index (κ1) is 10.8. The Kier molecular flexibility index (Phi) is 4.57. The molecule has 1 amide bonds. The second kappa shape index (κ2) is 5.48. The van der Waals surface area contributed by atoms with E-state index < -0.39 is 0 Å². The Bertz CT molecular complexity index is 172. The van der Waals surface area contributed by atoms with Gasteiger partial charge in [0.15, 0.2) is 0 Å². The van der Waals surface area contributed by atoms with Crippen LogP contribution < -0.4 is 5.32 Å². The first-order valence-electron chi connectivity index (χ1n) is 5.13. The fraction of sp³-hybridized carbons (Fsp3) is 0.900. The summed E-state index contributed by atoms with van der Waals surface area (Å²) in [5.74, 6) is 1.61. The van der Waals surface area contributed by atoms with Crippen molar-refractivity contribution in [3.63, 3.8) is 0 Å². The maximum atomic E-state index is 11.3. The Hall–Kier alpha value is -0.240. The van der Waals surface area contributed by atoms with Crippen LogP contribution >= 0.6 is 11.6 Å². The average molecular weight is 204 g/mol. The summed E-state index contributed by atoms with van der Waals surface area (Å²) in [7, 11) is 0. The van der Waals surface area contributed by atoms with Crippen LogP contribution in [0.2, 0.25) is 0 Å². The zero-order valence-electron chi connectivity index (χ0n) is 8.18. The number of carbonyl (C=O) groups is 1. The average Bonchev–Trinajstić information content (AvgIpc) is 2.84. The molecule has 1 N–H and O–H groups in total. The summed E-state index contributed by atoms with van der Waals surface area (Å²) in [6.45, 7) is 2.17. The Morgan fingerprint density at radius 3 is 2.85 bits per heavy atom. The van der Waals surface area contributed by atoms with Crippen LogP contribution in [0.5, 0.6) is 0 Å².